The second-order valence-electron chi connectivity index (χ2n) is 8.63. The fourth-order valence-electron chi connectivity index (χ4n) is 4.59. The van der Waals surface area contributed by atoms with Crippen LogP contribution in [0.3, 0.4) is 0 Å². The van der Waals surface area contributed by atoms with Gasteiger partial charge in [-0.3, -0.25) is 0 Å². The number of aryl methyl sites for hydroxylation is 4. The Morgan fingerprint density at radius 3 is 1.69 bits per heavy atom. The monoisotopic (exact) mass is 473 g/mol. The van der Waals surface area contributed by atoms with Crippen molar-refractivity contribution in [1.82, 2.24) is 5.32 Å². The van der Waals surface area contributed by atoms with Crippen LogP contribution < -0.4 is 14.8 Å². The van der Waals surface area contributed by atoms with E-state index in [1.54, 1.807) is 21.1 Å². The zero-order valence-electron chi connectivity index (χ0n) is 21.7. The third-order valence-electron chi connectivity index (χ3n) is 5.97. The number of ether oxygens (including phenoxy) is 3. The molecule has 0 spiro atoms. The zero-order chi connectivity index (χ0) is 25.5. The van der Waals surface area contributed by atoms with E-state index in [2.05, 4.69) is 29.6 Å². The van der Waals surface area contributed by atoms with E-state index in [9.17, 15) is 4.79 Å². The van der Waals surface area contributed by atoms with Gasteiger partial charge in [-0.1, -0.05) is 30.3 Å². The average Bonchev–Trinajstić information content (AvgIpc) is 2.82. The molecule has 5 nitrogen and oxygen atoms in total. The van der Waals surface area contributed by atoms with E-state index >= 15 is 0 Å². The van der Waals surface area contributed by atoms with Crippen molar-refractivity contribution >= 4 is 11.7 Å². The Bertz CT molecular complexity index is 1110. The van der Waals surface area contributed by atoms with Crippen molar-refractivity contribution in [2.45, 2.75) is 40.7 Å². The lowest BCUT2D eigenvalue weighted by Gasteiger charge is -2.26. The normalized spacial score (nSPS) is 11.4. The molecule has 0 aliphatic rings. The topological polar surface area (TPSA) is 56.8 Å². The number of nitrogens with one attached hydrogen (secondary N) is 1. The summed E-state index contributed by atoms with van der Waals surface area (Å²) in [6.45, 7) is 10.3. The molecule has 1 N–H and O–H groups in total. The first kappa shape index (κ1) is 25.9. The summed E-state index contributed by atoms with van der Waals surface area (Å²) in [6.07, 6.45) is 1.53. The number of carbonyl (C=O) groups is 1. The van der Waals surface area contributed by atoms with Gasteiger partial charge in [0.25, 0.3) is 0 Å². The molecule has 0 heterocycles. The van der Waals surface area contributed by atoms with Crippen LogP contribution in [0.2, 0.25) is 0 Å². The van der Waals surface area contributed by atoms with E-state index in [4.69, 9.17) is 14.2 Å². The predicted octanol–water partition coefficient (Wildman–Crippen LogP) is 6.22. The summed E-state index contributed by atoms with van der Waals surface area (Å²) < 4.78 is 16.4. The van der Waals surface area contributed by atoms with Crippen LogP contribution in [0.15, 0.2) is 60.7 Å². The number of esters is 1. The van der Waals surface area contributed by atoms with Crippen molar-refractivity contribution in [1.29, 1.82) is 0 Å². The van der Waals surface area contributed by atoms with Gasteiger partial charge in [0.15, 0.2) is 0 Å². The van der Waals surface area contributed by atoms with Gasteiger partial charge in [0, 0.05) is 11.8 Å². The van der Waals surface area contributed by atoms with Gasteiger partial charge in [-0.25, -0.2) is 4.79 Å². The first-order valence-electron chi connectivity index (χ1n) is 11.8. The molecule has 3 aromatic rings. The second kappa shape index (κ2) is 11.6. The molecular weight excluding hydrogens is 438 g/mol. The third kappa shape index (κ3) is 6.04. The molecule has 3 aromatic carbocycles. The molecule has 0 saturated heterocycles. The molecule has 0 bridgehead atoms. The van der Waals surface area contributed by atoms with Gasteiger partial charge in [-0.15, -0.1) is 0 Å². The lowest BCUT2D eigenvalue weighted by atomic mass is 9.92. The summed E-state index contributed by atoms with van der Waals surface area (Å²) in [5.74, 6) is 1.36. The smallest absolute Gasteiger partial charge is 0.332 e. The third-order valence-corrected chi connectivity index (χ3v) is 5.97. The van der Waals surface area contributed by atoms with E-state index in [0.29, 0.717) is 12.3 Å². The summed E-state index contributed by atoms with van der Waals surface area (Å²) in [5.41, 5.74) is 7.91. The van der Waals surface area contributed by atoms with Crippen molar-refractivity contribution in [2.24, 2.45) is 0 Å². The van der Waals surface area contributed by atoms with Gasteiger partial charge in [-0.05, 0) is 97.8 Å². The number of methoxy groups -OCH3 is 2. The Kier molecular flexibility index (Phi) is 8.58. The van der Waals surface area contributed by atoms with E-state index in [-0.39, 0.29) is 12.0 Å². The van der Waals surface area contributed by atoms with E-state index < -0.39 is 0 Å². The Morgan fingerprint density at radius 1 is 0.829 bits per heavy atom. The van der Waals surface area contributed by atoms with Crippen LogP contribution in [0.4, 0.5) is 0 Å². The highest BCUT2D eigenvalue weighted by molar-refractivity contribution is 5.91. The maximum Gasteiger partial charge on any atom is 0.332 e. The van der Waals surface area contributed by atoms with Gasteiger partial charge < -0.3 is 19.5 Å². The van der Waals surface area contributed by atoms with Crippen LogP contribution in [0, 0.1) is 27.7 Å². The number of carbonyl (C=O) groups excluding carboxylic acids is 1. The van der Waals surface area contributed by atoms with Gasteiger partial charge in [0.1, 0.15) is 11.5 Å². The average molecular weight is 474 g/mol. The van der Waals surface area contributed by atoms with E-state index in [1.165, 1.54) is 6.08 Å². The fourth-order valence-corrected chi connectivity index (χ4v) is 4.59. The molecule has 0 aliphatic heterocycles. The molecule has 5 heteroatoms. The quantitative estimate of drug-likeness (QED) is 0.295. The molecule has 0 fully saturated rings. The molecule has 0 amide bonds. The van der Waals surface area contributed by atoms with Gasteiger partial charge in [0.05, 0.1) is 26.9 Å². The molecule has 0 atom stereocenters. The standard InChI is InChI=1S/C30H35NO4/c1-8-35-27(32)18-26(23-12-10-9-11-13-23)31-28(24-14-19(2)29(33-6)20(3)15-24)25-16-21(4)30(34-7)22(5)17-25/h9-18,28,31H,8H2,1-7H3/b26-18+. The molecule has 0 saturated carbocycles. The summed E-state index contributed by atoms with van der Waals surface area (Å²) in [7, 11) is 3.38. The van der Waals surface area contributed by atoms with Gasteiger partial charge >= 0.3 is 5.97 Å². The second-order valence-corrected chi connectivity index (χ2v) is 8.63. The molecule has 0 aromatic heterocycles. The maximum absolute atomic E-state index is 12.5. The predicted molar refractivity (Wildman–Crippen MR) is 141 cm³/mol. The number of hydrogen-bond donors (Lipinski definition) is 1. The Labute approximate surface area is 208 Å². The molecule has 3 rings (SSSR count). The summed E-state index contributed by atoms with van der Waals surface area (Å²) in [6, 6.07) is 18.1. The highest BCUT2D eigenvalue weighted by Crippen LogP contribution is 2.35. The van der Waals surface area contributed by atoms with Crippen LogP contribution in [0.5, 0.6) is 11.5 Å². The largest absolute Gasteiger partial charge is 0.496 e. The Balaban J connectivity index is 2.20. The molecule has 0 radical (unpaired) electrons. The number of rotatable bonds is 9. The summed E-state index contributed by atoms with van der Waals surface area (Å²) >= 11 is 0. The minimum Gasteiger partial charge on any atom is -0.496 e. The summed E-state index contributed by atoms with van der Waals surface area (Å²) in [4.78, 5) is 12.5. The van der Waals surface area contributed by atoms with Gasteiger partial charge in [-0.2, -0.15) is 0 Å². The van der Waals surface area contributed by atoms with Crippen molar-refractivity contribution in [3.05, 3.63) is 99.6 Å². The van der Waals surface area contributed by atoms with Crippen molar-refractivity contribution in [3.8, 4) is 11.5 Å². The lowest BCUT2D eigenvalue weighted by molar-refractivity contribution is -0.137. The SMILES string of the molecule is CCOC(=O)/C=C(/NC(c1cc(C)c(OC)c(C)c1)c1cc(C)c(OC)c(C)c1)c1ccccc1. The summed E-state index contributed by atoms with van der Waals surface area (Å²) in [5, 5.41) is 3.65. The van der Waals surface area contributed by atoms with Gasteiger partial charge in [0.2, 0.25) is 0 Å². The molecular formula is C30H35NO4. The van der Waals surface area contributed by atoms with Crippen LogP contribution in [-0.4, -0.2) is 26.8 Å². The maximum atomic E-state index is 12.5. The first-order valence-corrected chi connectivity index (χ1v) is 11.8. The molecule has 184 valence electrons. The minimum atomic E-state index is -0.387. The molecule has 0 unspecified atom stereocenters. The van der Waals surface area contributed by atoms with Crippen LogP contribution in [0.1, 0.15) is 51.9 Å². The first-order chi connectivity index (χ1) is 16.8. The number of hydrogen-bond acceptors (Lipinski definition) is 5. The molecule has 0 aliphatic carbocycles. The Hall–Kier alpha value is -3.73. The van der Waals surface area contributed by atoms with Crippen molar-refractivity contribution in [2.75, 3.05) is 20.8 Å². The van der Waals surface area contributed by atoms with Crippen LogP contribution in [0.25, 0.3) is 5.70 Å². The number of benzene rings is 3. The van der Waals surface area contributed by atoms with Crippen molar-refractivity contribution in [3.63, 3.8) is 0 Å². The van der Waals surface area contributed by atoms with Crippen molar-refractivity contribution < 1.29 is 19.0 Å². The Morgan fingerprint density at radius 2 is 1.29 bits per heavy atom. The van der Waals surface area contributed by atoms with Crippen LogP contribution in [-0.2, 0) is 9.53 Å². The van der Waals surface area contributed by atoms with E-state index in [1.807, 2.05) is 58.0 Å². The highest BCUT2D eigenvalue weighted by Gasteiger charge is 2.21. The van der Waals surface area contributed by atoms with E-state index in [0.717, 1.165) is 50.4 Å². The highest BCUT2D eigenvalue weighted by atomic mass is 16.5. The van der Waals surface area contributed by atoms with Crippen LogP contribution >= 0.6 is 0 Å². The zero-order valence-corrected chi connectivity index (χ0v) is 21.7. The fraction of sp³-hybridized carbons (Fsp3) is 0.300. The minimum absolute atomic E-state index is 0.234. The lowest BCUT2D eigenvalue weighted by Crippen LogP contribution is -2.23. The molecule has 35 heavy (non-hydrogen) atoms.